The number of rotatable bonds is 12. The molecule has 4 heterocycles. The summed E-state index contributed by atoms with van der Waals surface area (Å²) < 4.78 is 26.7. The second-order valence-corrected chi connectivity index (χ2v) is 17.5. The number of carbonyl (C=O) groups excluding carboxylic acids is 3. The molecule has 4 bridgehead atoms. The minimum atomic E-state index is -1.59. The summed E-state index contributed by atoms with van der Waals surface area (Å²) in [6.07, 6.45) is 14.6. The van der Waals surface area contributed by atoms with Gasteiger partial charge in [0.15, 0.2) is 22.8 Å². The molecule has 2 N–H and O–H groups in total. The van der Waals surface area contributed by atoms with Gasteiger partial charge in [0.05, 0.1) is 17.8 Å². The lowest BCUT2D eigenvalue weighted by Crippen LogP contribution is -2.72. The number of fused-ring (bicyclic) bond motifs is 2. The van der Waals surface area contributed by atoms with Crippen LogP contribution in [0.3, 0.4) is 0 Å². The second kappa shape index (κ2) is 14.5. The first-order valence-electron chi connectivity index (χ1n) is 20.1. The van der Waals surface area contributed by atoms with E-state index in [2.05, 4.69) is 36.2 Å². The number of phenols is 1. The molecule has 10 heteroatoms. The van der Waals surface area contributed by atoms with Gasteiger partial charge in [0, 0.05) is 67.7 Å². The molecule has 7 aliphatic rings. The Kier molecular flexibility index (Phi) is 10.4. The van der Waals surface area contributed by atoms with Gasteiger partial charge in [-0.05, 0) is 99.6 Å². The maximum Gasteiger partial charge on any atom is 0.333 e. The van der Waals surface area contributed by atoms with E-state index in [0.717, 1.165) is 51.1 Å². The number of nitrogens with zero attached hydrogens (tertiary/aromatic N) is 1. The molecule has 5 atom stereocenters. The number of benzene rings is 1. The molecule has 3 aliphatic carbocycles. The molecular weight excluding hydrogens is 697 g/mol. The van der Waals surface area contributed by atoms with Gasteiger partial charge in [-0.15, -0.1) is 0 Å². The number of esters is 1. The van der Waals surface area contributed by atoms with Crippen LogP contribution in [-0.4, -0.2) is 89.3 Å². The lowest BCUT2D eigenvalue weighted by atomic mass is 9.51. The van der Waals surface area contributed by atoms with Crippen LogP contribution in [0.4, 0.5) is 0 Å². The molecule has 2 saturated heterocycles. The smallest absolute Gasteiger partial charge is 0.333 e. The number of Topliss-reactive ketones (excluding diaryl/α,β-unsaturated/α-hetero) is 2. The van der Waals surface area contributed by atoms with Crippen molar-refractivity contribution in [2.24, 2.45) is 11.8 Å². The van der Waals surface area contributed by atoms with Crippen molar-refractivity contribution >= 4 is 23.6 Å². The van der Waals surface area contributed by atoms with Crippen LogP contribution in [0.1, 0.15) is 109 Å². The van der Waals surface area contributed by atoms with Crippen molar-refractivity contribution in [3.63, 3.8) is 0 Å². The van der Waals surface area contributed by atoms with Gasteiger partial charge in [-0.25, -0.2) is 4.79 Å². The molecule has 1 spiro atoms. The number of piperazine rings is 1. The van der Waals surface area contributed by atoms with Gasteiger partial charge in [-0.2, -0.15) is 0 Å². The highest BCUT2D eigenvalue weighted by atomic mass is 16.6. The molecule has 8 rings (SSSR count). The van der Waals surface area contributed by atoms with Gasteiger partial charge in [-0.3, -0.25) is 9.59 Å². The molecule has 0 aromatic heterocycles. The van der Waals surface area contributed by atoms with E-state index in [0.29, 0.717) is 53.9 Å². The van der Waals surface area contributed by atoms with Gasteiger partial charge in [0.2, 0.25) is 0 Å². The summed E-state index contributed by atoms with van der Waals surface area (Å²) in [4.78, 5) is 45.3. The van der Waals surface area contributed by atoms with E-state index >= 15 is 0 Å². The molecule has 296 valence electrons. The lowest BCUT2D eigenvalue weighted by molar-refractivity contribution is -0.171. The number of aromatic hydroxyl groups is 1. The Bertz CT molecular complexity index is 1940. The molecule has 0 radical (unpaired) electrons. The van der Waals surface area contributed by atoms with E-state index < -0.39 is 34.3 Å². The van der Waals surface area contributed by atoms with Gasteiger partial charge in [0.1, 0.15) is 28.4 Å². The standard InChI is InChI=1S/C45H58N2O8/c1-27(2)11-9-16-43(8)17-15-31-36(48)35-37(49)33-25-30-26-34-42(6,7)55-44(40(30)50,45(33,34)54-39(35)32(38(31)53-43)13-12-28(3)4)18-14-29(5)41(51)52-24-10-21-47-22-19-46-20-23-47/h11-12,14-15,17,25,30,34,46,48H,9-10,13,16,18-24,26H2,1-8H3/b29-14-/t30-,34+,43-,44+,45-/m1/s1. The van der Waals surface area contributed by atoms with Crippen LogP contribution in [-0.2, 0) is 25.5 Å². The first-order chi connectivity index (χ1) is 26.0. The molecule has 55 heavy (non-hydrogen) atoms. The van der Waals surface area contributed by atoms with Gasteiger partial charge < -0.3 is 34.3 Å². The summed E-state index contributed by atoms with van der Waals surface area (Å²) in [6, 6.07) is 0. The molecule has 0 amide bonds. The summed E-state index contributed by atoms with van der Waals surface area (Å²) >= 11 is 0. The zero-order chi connectivity index (χ0) is 39.5. The third kappa shape index (κ3) is 6.61. The van der Waals surface area contributed by atoms with E-state index in [4.69, 9.17) is 18.9 Å². The van der Waals surface area contributed by atoms with Gasteiger partial charge >= 0.3 is 5.97 Å². The highest BCUT2D eigenvalue weighted by Crippen LogP contribution is 2.68. The second-order valence-electron chi connectivity index (χ2n) is 17.5. The van der Waals surface area contributed by atoms with E-state index in [1.807, 2.05) is 46.8 Å². The SMILES string of the molecule is CC(C)=CCC[C@]1(C)C=Cc2c(O)c3c(c(CC=C(C)C)c2O1)O[C@]12C(=C[C@@H]4C[C@H]1C(C)(C)O[C@@]2(C/C=C(/C)C(=O)OCCCN1CCNCC1)C4=O)C3=O. The summed E-state index contributed by atoms with van der Waals surface area (Å²) in [5.41, 5.74) is -0.445. The molecule has 1 aromatic rings. The highest BCUT2D eigenvalue weighted by molar-refractivity contribution is 6.19. The topological polar surface area (TPSA) is 124 Å². The van der Waals surface area contributed by atoms with Crippen LogP contribution in [0.15, 0.2) is 52.7 Å². The fourth-order valence-electron chi connectivity index (χ4n) is 9.67. The zero-order valence-corrected chi connectivity index (χ0v) is 33.9. The monoisotopic (exact) mass is 754 g/mol. The molecule has 1 aromatic carbocycles. The van der Waals surface area contributed by atoms with E-state index in [-0.39, 0.29) is 41.0 Å². The minimum absolute atomic E-state index is 0.0197. The number of ketones is 2. The van der Waals surface area contributed by atoms with E-state index in [9.17, 15) is 19.5 Å². The van der Waals surface area contributed by atoms with Crippen molar-refractivity contribution in [1.82, 2.24) is 10.2 Å². The Morgan fingerprint density at radius 2 is 1.75 bits per heavy atom. The Balaban J connectivity index is 1.27. The van der Waals surface area contributed by atoms with E-state index in [1.165, 1.54) is 5.57 Å². The van der Waals surface area contributed by atoms with Crippen LogP contribution in [0.5, 0.6) is 17.2 Å². The highest BCUT2D eigenvalue weighted by Gasteiger charge is 2.81. The van der Waals surface area contributed by atoms with Crippen molar-refractivity contribution in [1.29, 1.82) is 0 Å². The lowest BCUT2D eigenvalue weighted by Gasteiger charge is -2.56. The Morgan fingerprint density at radius 1 is 1.02 bits per heavy atom. The molecular formula is C45H58N2O8. The number of allylic oxidation sites excluding steroid dienone is 5. The summed E-state index contributed by atoms with van der Waals surface area (Å²) in [5, 5.41) is 15.3. The zero-order valence-electron chi connectivity index (χ0n) is 33.9. The van der Waals surface area contributed by atoms with E-state index in [1.54, 1.807) is 19.1 Å². The number of phenolic OH excluding ortho intramolecular Hbond substituents is 1. The predicted octanol–water partition coefficient (Wildman–Crippen LogP) is 6.99. The summed E-state index contributed by atoms with van der Waals surface area (Å²) in [6.45, 7) is 20.8. The van der Waals surface area contributed by atoms with Crippen LogP contribution < -0.4 is 14.8 Å². The first kappa shape index (κ1) is 39.3. The van der Waals surface area contributed by atoms with Gasteiger partial charge in [-0.1, -0.05) is 35.5 Å². The van der Waals surface area contributed by atoms with Crippen molar-refractivity contribution < 1.29 is 38.4 Å². The normalized spacial score (nSPS) is 30.0. The van der Waals surface area contributed by atoms with Crippen molar-refractivity contribution in [3.8, 4) is 17.2 Å². The van der Waals surface area contributed by atoms with Crippen LogP contribution >= 0.6 is 0 Å². The molecule has 0 unspecified atom stereocenters. The van der Waals surface area contributed by atoms with Crippen LogP contribution in [0.25, 0.3) is 6.08 Å². The number of hydrogen-bond donors (Lipinski definition) is 2. The molecule has 3 fully saturated rings. The maximum absolute atomic E-state index is 15.0. The maximum atomic E-state index is 15.0. The third-order valence-corrected chi connectivity index (χ3v) is 12.5. The average molecular weight is 755 g/mol. The average Bonchev–Trinajstić information content (AvgIpc) is 3.29. The number of hydrogen-bond acceptors (Lipinski definition) is 10. The third-order valence-electron chi connectivity index (χ3n) is 12.5. The largest absolute Gasteiger partial charge is 0.506 e. The van der Waals surface area contributed by atoms with Crippen molar-refractivity contribution in [3.05, 3.63) is 69.4 Å². The quantitative estimate of drug-likeness (QED) is 0.0999. The fraction of sp³-hybridized carbons (Fsp3) is 0.578. The minimum Gasteiger partial charge on any atom is -0.506 e. The van der Waals surface area contributed by atoms with Crippen molar-refractivity contribution in [2.75, 3.05) is 39.3 Å². The predicted molar refractivity (Wildman–Crippen MR) is 212 cm³/mol. The summed E-state index contributed by atoms with van der Waals surface area (Å²) in [7, 11) is 0. The van der Waals surface area contributed by atoms with Crippen LogP contribution in [0.2, 0.25) is 0 Å². The Morgan fingerprint density at radius 3 is 2.45 bits per heavy atom. The molecule has 4 aliphatic heterocycles. The number of ether oxygens (including phenoxy) is 4. The fourth-order valence-corrected chi connectivity index (χ4v) is 9.67. The van der Waals surface area contributed by atoms with Crippen molar-refractivity contribution in [2.45, 2.75) is 116 Å². The molecule has 1 saturated carbocycles. The van der Waals surface area contributed by atoms with Gasteiger partial charge in [0.25, 0.3) is 0 Å². The Labute approximate surface area is 325 Å². The number of carbonyl (C=O) groups is 3. The molecule has 10 nitrogen and oxygen atoms in total. The summed E-state index contributed by atoms with van der Waals surface area (Å²) in [5.74, 6) is -1.42. The first-order valence-corrected chi connectivity index (χ1v) is 20.1. The number of nitrogens with one attached hydrogen (secondary N) is 1. The Hall–Kier alpha value is -3.99. The van der Waals surface area contributed by atoms with Crippen LogP contribution in [0, 0.1) is 11.8 Å².